The van der Waals surface area contributed by atoms with Crippen LogP contribution in [-0.4, -0.2) is 31.1 Å². The number of aryl methyl sites for hydroxylation is 1. The molecule has 2 aromatic carbocycles. The van der Waals surface area contributed by atoms with E-state index in [-0.39, 0.29) is 12.3 Å². The number of ether oxygens (including phenoxy) is 2. The quantitative estimate of drug-likeness (QED) is 0.523. The summed E-state index contributed by atoms with van der Waals surface area (Å²) in [7, 11) is 3.08. The molecule has 0 bridgehead atoms. The summed E-state index contributed by atoms with van der Waals surface area (Å²) >= 11 is 1.25. The molecule has 156 valence electrons. The van der Waals surface area contributed by atoms with Crippen LogP contribution in [0.1, 0.15) is 11.3 Å². The minimum absolute atomic E-state index is 0.0624. The second kappa shape index (κ2) is 9.75. The highest BCUT2D eigenvalue weighted by Gasteiger charge is 2.13. The minimum Gasteiger partial charge on any atom is -0.497 e. The number of hydrogen-bond donors (Lipinski definition) is 3. The number of amides is 3. The second-order valence-electron chi connectivity index (χ2n) is 6.38. The summed E-state index contributed by atoms with van der Waals surface area (Å²) in [6, 6.07) is 12.2. The number of nitrogens with zero attached hydrogens (tertiary/aromatic N) is 1. The number of methoxy groups -OCH3 is 2. The van der Waals surface area contributed by atoms with Crippen molar-refractivity contribution in [2.45, 2.75) is 13.3 Å². The molecule has 0 saturated heterocycles. The third-order valence-electron chi connectivity index (χ3n) is 4.07. The average Bonchev–Trinajstić information content (AvgIpc) is 3.14. The molecule has 0 atom stereocenters. The molecule has 30 heavy (non-hydrogen) atoms. The van der Waals surface area contributed by atoms with Crippen molar-refractivity contribution in [2.75, 3.05) is 30.2 Å². The van der Waals surface area contributed by atoms with Gasteiger partial charge in [0.2, 0.25) is 5.91 Å². The van der Waals surface area contributed by atoms with Crippen molar-refractivity contribution in [3.05, 3.63) is 59.1 Å². The van der Waals surface area contributed by atoms with Crippen LogP contribution in [0, 0.1) is 6.92 Å². The van der Waals surface area contributed by atoms with Gasteiger partial charge in [0.15, 0.2) is 5.13 Å². The Morgan fingerprint density at radius 2 is 1.87 bits per heavy atom. The van der Waals surface area contributed by atoms with E-state index in [4.69, 9.17) is 9.47 Å². The van der Waals surface area contributed by atoms with E-state index in [1.54, 1.807) is 36.8 Å². The number of carbonyl (C=O) groups is 2. The summed E-state index contributed by atoms with van der Waals surface area (Å²) in [6.45, 7) is 1.95. The van der Waals surface area contributed by atoms with E-state index in [9.17, 15) is 9.59 Å². The lowest BCUT2D eigenvalue weighted by atomic mass is 10.2. The molecule has 0 saturated carbocycles. The van der Waals surface area contributed by atoms with Crippen molar-refractivity contribution in [1.29, 1.82) is 0 Å². The molecule has 0 aliphatic rings. The Kier molecular flexibility index (Phi) is 6.87. The van der Waals surface area contributed by atoms with Gasteiger partial charge in [-0.25, -0.2) is 9.78 Å². The van der Waals surface area contributed by atoms with Crippen LogP contribution in [0.3, 0.4) is 0 Å². The van der Waals surface area contributed by atoms with E-state index in [2.05, 4.69) is 20.9 Å². The van der Waals surface area contributed by atoms with Gasteiger partial charge in [-0.05, 0) is 36.8 Å². The Labute approximate surface area is 178 Å². The lowest BCUT2D eigenvalue weighted by Crippen LogP contribution is -2.19. The third-order valence-corrected chi connectivity index (χ3v) is 4.88. The minimum atomic E-state index is -0.395. The highest BCUT2D eigenvalue weighted by atomic mass is 32.1. The van der Waals surface area contributed by atoms with Gasteiger partial charge in [-0.3, -0.25) is 10.1 Å². The standard InChI is InChI=1S/C21H22N4O4S/c1-13-5-4-6-14(9-13)22-20(27)25-21-23-15(12-30-21)10-19(26)24-17-8-7-16(28-2)11-18(17)29-3/h4-9,11-12H,10H2,1-3H3,(H,24,26)(H2,22,23,25,27). The third kappa shape index (κ3) is 5.71. The fourth-order valence-electron chi connectivity index (χ4n) is 2.69. The largest absolute Gasteiger partial charge is 0.497 e. The van der Waals surface area contributed by atoms with Gasteiger partial charge in [0.25, 0.3) is 0 Å². The lowest BCUT2D eigenvalue weighted by Gasteiger charge is -2.11. The first kappa shape index (κ1) is 21.1. The van der Waals surface area contributed by atoms with Crippen LogP contribution >= 0.6 is 11.3 Å². The molecule has 3 rings (SSSR count). The summed E-state index contributed by atoms with van der Waals surface area (Å²) in [5.74, 6) is 0.875. The maximum Gasteiger partial charge on any atom is 0.325 e. The van der Waals surface area contributed by atoms with Crippen molar-refractivity contribution in [2.24, 2.45) is 0 Å². The number of carbonyl (C=O) groups excluding carboxylic acids is 2. The predicted octanol–water partition coefficient (Wildman–Crippen LogP) is 4.29. The second-order valence-corrected chi connectivity index (χ2v) is 7.24. The number of aromatic nitrogens is 1. The van der Waals surface area contributed by atoms with Gasteiger partial charge < -0.3 is 20.1 Å². The molecular formula is C21H22N4O4S. The van der Waals surface area contributed by atoms with Crippen LogP contribution in [0.2, 0.25) is 0 Å². The van der Waals surface area contributed by atoms with Crippen molar-refractivity contribution < 1.29 is 19.1 Å². The molecule has 0 aliphatic carbocycles. The van der Waals surface area contributed by atoms with Crippen molar-refractivity contribution in [3.8, 4) is 11.5 Å². The highest BCUT2D eigenvalue weighted by molar-refractivity contribution is 7.14. The van der Waals surface area contributed by atoms with Gasteiger partial charge in [0, 0.05) is 17.1 Å². The van der Waals surface area contributed by atoms with Crippen LogP contribution in [0.15, 0.2) is 47.8 Å². The molecule has 3 amide bonds. The molecule has 1 heterocycles. The molecule has 3 N–H and O–H groups in total. The van der Waals surface area contributed by atoms with E-state index >= 15 is 0 Å². The number of anilines is 3. The molecule has 8 nitrogen and oxygen atoms in total. The maximum absolute atomic E-state index is 12.4. The van der Waals surface area contributed by atoms with Crippen molar-refractivity contribution >= 4 is 39.8 Å². The zero-order chi connectivity index (χ0) is 21.5. The summed E-state index contributed by atoms with van der Waals surface area (Å²) in [4.78, 5) is 28.8. The van der Waals surface area contributed by atoms with Gasteiger partial charge >= 0.3 is 6.03 Å². The van der Waals surface area contributed by atoms with Crippen molar-refractivity contribution in [1.82, 2.24) is 4.98 Å². The summed E-state index contributed by atoms with van der Waals surface area (Å²) < 4.78 is 10.4. The fraction of sp³-hybridized carbons (Fsp3) is 0.190. The molecule has 0 unspecified atom stereocenters. The number of urea groups is 1. The molecule has 9 heteroatoms. The average molecular weight is 426 g/mol. The van der Waals surface area contributed by atoms with Crippen LogP contribution in [0.4, 0.5) is 21.3 Å². The SMILES string of the molecule is COc1ccc(NC(=O)Cc2csc(NC(=O)Nc3cccc(C)c3)n2)c(OC)c1. The van der Waals surface area contributed by atoms with Gasteiger partial charge in [-0.1, -0.05) is 12.1 Å². The van der Waals surface area contributed by atoms with Gasteiger partial charge in [0.1, 0.15) is 11.5 Å². The fourth-order valence-corrected chi connectivity index (χ4v) is 3.39. The number of benzene rings is 2. The first-order valence-electron chi connectivity index (χ1n) is 9.08. The molecule has 0 fully saturated rings. The molecule has 0 radical (unpaired) electrons. The lowest BCUT2D eigenvalue weighted by molar-refractivity contribution is -0.115. The zero-order valence-corrected chi connectivity index (χ0v) is 17.6. The Balaban J connectivity index is 1.56. The van der Waals surface area contributed by atoms with Crippen LogP contribution in [0.5, 0.6) is 11.5 Å². The topological polar surface area (TPSA) is 102 Å². The number of rotatable bonds is 7. The van der Waals surface area contributed by atoms with Crippen molar-refractivity contribution in [3.63, 3.8) is 0 Å². The smallest absolute Gasteiger partial charge is 0.325 e. The predicted molar refractivity (Wildman–Crippen MR) is 118 cm³/mol. The summed E-state index contributed by atoms with van der Waals surface area (Å²) in [5.41, 5.74) is 2.83. The highest BCUT2D eigenvalue weighted by Crippen LogP contribution is 2.29. The summed E-state index contributed by atoms with van der Waals surface area (Å²) in [6.07, 6.45) is 0.0624. The molecular weight excluding hydrogens is 404 g/mol. The van der Waals surface area contributed by atoms with Crippen LogP contribution in [0.25, 0.3) is 0 Å². The Hall–Kier alpha value is -3.59. The van der Waals surface area contributed by atoms with Gasteiger partial charge in [-0.2, -0.15) is 0 Å². The van der Waals surface area contributed by atoms with Crippen LogP contribution in [-0.2, 0) is 11.2 Å². The number of thiazole rings is 1. The summed E-state index contributed by atoms with van der Waals surface area (Å²) in [5, 5.41) is 10.4. The van der Waals surface area contributed by atoms with Crippen LogP contribution < -0.4 is 25.4 Å². The van der Waals surface area contributed by atoms with Gasteiger partial charge in [0.05, 0.1) is 32.0 Å². The van der Waals surface area contributed by atoms with E-state index in [1.165, 1.54) is 18.4 Å². The zero-order valence-electron chi connectivity index (χ0n) is 16.8. The molecule has 1 aromatic heterocycles. The molecule has 0 spiro atoms. The monoisotopic (exact) mass is 426 g/mol. The number of nitrogens with one attached hydrogen (secondary N) is 3. The van der Waals surface area contributed by atoms with E-state index < -0.39 is 6.03 Å². The van der Waals surface area contributed by atoms with E-state index in [0.717, 1.165) is 5.56 Å². The van der Waals surface area contributed by atoms with E-state index in [0.29, 0.717) is 33.7 Å². The Morgan fingerprint density at radius 1 is 1.03 bits per heavy atom. The van der Waals surface area contributed by atoms with E-state index in [1.807, 2.05) is 25.1 Å². The first-order chi connectivity index (χ1) is 14.5. The molecule has 0 aliphatic heterocycles. The maximum atomic E-state index is 12.4. The Morgan fingerprint density at radius 3 is 2.60 bits per heavy atom. The van der Waals surface area contributed by atoms with Gasteiger partial charge in [-0.15, -0.1) is 11.3 Å². The normalized spacial score (nSPS) is 10.2. The Bertz CT molecular complexity index is 1050. The molecule has 3 aromatic rings. The number of hydrogen-bond acceptors (Lipinski definition) is 6. The first-order valence-corrected chi connectivity index (χ1v) is 9.95.